The van der Waals surface area contributed by atoms with Gasteiger partial charge in [0.1, 0.15) is 18.1 Å². The van der Waals surface area contributed by atoms with Crippen LogP contribution in [0.4, 0.5) is 11.4 Å². The lowest BCUT2D eigenvalue weighted by atomic mass is 10.2. The third-order valence-corrected chi connectivity index (χ3v) is 8.10. The minimum Gasteiger partial charge on any atom is -0.497 e. The number of anilines is 2. The van der Waals surface area contributed by atoms with E-state index in [1.165, 1.54) is 11.8 Å². The number of thioether (sulfide) groups is 1. The fraction of sp³-hybridized carbons (Fsp3) is 0.222. The summed E-state index contributed by atoms with van der Waals surface area (Å²) in [5.74, 6) is 2.08. The zero-order valence-electron chi connectivity index (χ0n) is 20.8. The van der Waals surface area contributed by atoms with E-state index in [0.29, 0.717) is 40.7 Å². The number of carbonyl (C=O) groups is 1. The van der Waals surface area contributed by atoms with Crippen LogP contribution < -0.4 is 14.4 Å². The Morgan fingerprint density at radius 3 is 2.63 bits per heavy atom. The first-order chi connectivity index (χ1) is 18.6. The van der Waals surface area contributed by atoms with Crippen molar-refractivity contribution in [3.8, 4) is 11.5 Å². The first kappa shape index (κ1) is 26.4. The van der Waals surface area contributed by atoms with E-state index in [0.717, 1.165) is 21.2 Å². The van der Waals surface area contributed by atoms with E-state index in [2.05, 4.69) is 10.2 Å². The van der Waals surface area contributed by atoms with Crippen molar-refractivity contribution in [1.82, 2.24) is 14.8 Å². The highest BCUT2D eigenvalue weighted by Gasteiger charge is 2.29. The molecule has 1 aromatic heterocycles. The number of methoxy groups -OCH3 is 2. The first-order valence-corrected chi connectivity index (χ1v) is 14.0. The van der Waals surface area contributed by atoms with Crippen LogP contribution in [-0.4, -0.2) is 47.3 Å². The summed E-state index contributed by atoms with van der Waals surface area (Å²) >= 11 is 9.26. The molecule has 5 rings (SSSR count). The minimum absolute atomic E-state index is 0.0817. The lowest BCUT2D eigenvalue weighted by Gasteiger charge is -2.31. The quantitative estimate of drug-likeness (QED) is 0.213. The summed E-state index contributed by atoms with van der Waals surface area (Å²) < 4.78 is 18.4. The number of halogens is 1. The molecule has 1 amide bonds. The van der Waals surface area contributed by atoms with Crippen LogP contribution in [-0.2, 0) is 22.7 Å². The second-order valence-electron chi connectivity index (χ2n) is 8.21. The predicted octanol–water partition coefficient (Wildman–Crippen LogP) is 6.09. The van der Waals surface area contributed by atoms with Gasteiger partial charge >= 0.3 is 0 Å². The van der Waals surface area contributed by atoms with Crippen molar-refractivity contribution in [3.63, 3.8) is 0 Å². The fourth-order valence-corrected chi connectivity index (χ4v) is 6.00. The highest BCUT2D eigenvalue weighted by Crippen LogP contribution is 2.49. The van der Waals surface area contributed by atoms with Crippen molar-refractivity contribution >= 4 is 52.4 Å². The normalized spacial score (nSPS) is 12.1. The van der Waals surface area contributed by atoms with Crippen molar-refractivity contribution in [2.45, 2.75) is 28.1 Å². The molecular formula is C27H25ClN4O4S2. The molecule has 0 spiro atoms. The van der Waals surface area contributed by atoms with Crippen molar-refractivity contribution in [2.75, 3.05) is 31.5 Å². The average molecular weight is 569 g/mol. The number of amides is 1. The number of rotatable bonds is 10. The number of hydrogen-bond donors (Lipinski definition) is 0. The van der Waals surface area contributed by atoms with Crippen LogP contribution in [0.15, 0.2) is 81.7 Å². The summed E-state index contributed by atoms with van der Waals surface area (Å²) in [5, 5.41) is 9.88. The summed E-state index contributed by atoms with van der Waals surface area (Å²) in [6.07, 6.45) is 0. The first-order valence-electron chi connectivity index (χ1n) is 11.8. The molecule has 4 aromatic rings. The summed E-state index contributed by atoms with van der Waals surface area (Å²) in [7, 11) is 3.25. The van der Waals surface area contributed by atoms with Gasteiger partial charge < -0.3 is 18.8 Å². The van der Waals surface area contributed by atoms with E-state index >= 15 is 0 Å². The molecule has 0 unspecified atom stereocenters. The number of hydrogen-bond acceptors (Lipinski definition) is 8. The van der Waals surface area contributed by atoms with Crippen LogP contribution >= 0.6 is 35.1 Å². The molecule has 3 aromatic carbocycles. The van der Waals surface area contributed by atoms with Gasteiger partial charge in [0.05, 0.1) is 30.8 Å². The Morgan fingerprint density at radius 1 is 0.974 bits per heavy atom. The van der Waals surface area contributed by atoms with E-state index in [4.69, 9.17) is 25.8 Å². The Bertz CT molecular complexity index is 1450. The van der Waals surface area contributed by atoms with Gasteiger partial charge in [0.15, 0.2) is 11.0 Å². The molecule has 0 radical (unpaired) electrons. The SMILES string of the molecule is COCCn1c(COc2cccc(OC)c2)nnc1SCC(=O)N1c2ccccc2Sc2ccc(Cl)cc21. The summed E-state index contributed by atoms with van der Waals surface area (Å²) in [6, 6.07) is 20.9. The molecule has 0 atom stereocenters. The lowest BCUT2D eigenvalue weighted by Crippen LogP contribution is -2.30. The van der Waals surface area contributed by atoms with Crippen LogP contribution in [0.3, 0.4) is 0 Å². The van der Waals surface area contributed by atoms with Crippen LogP contribution in [0, 0.1) is 0 Å². The summed E-state index contributed by atoms with van der Waals surface area (Å²) in [4.78, 5) is 17.4. The van der Waals surface area contributed by atoms with E-state index in [1.54, 1.807) is 30.9 Å². The molecule has 0 saturated carbocycles. The van der Waals surface area contributed by atoms with Gasteiger partial charge in [0.2, 0.25) is 5.91 Å². The Hall–Kier alpha value is -3.18. The Labute approximate surface area is 234 Å². The number of benzene rings is 3. The second-order valence-corrected chi connectivity index (χ2v) is 10.7. The van der Waals surface area contributed by atoms with Gasteiger partial charge in [-0.3, -0.25) is 9.69 Å². The maximum absolute atomic E-state index is 13.6. The van der Waals surface area contributed by atoms with Gasteiger partial charge in [0, 0.05) is 34.5 Å². The highest BCUT2D eigenvalue weighted by atomic mass is 35.5. The molecule has 0 N–H and O–H groups in total. The Kier molecular flexibility index (Phi) is 8.43. The second kappa shape index (κ2) is 12.1. The van der Waals surface area contributed by atoms with E-state index in [-0.39, 0.29) is 18.3 Å². The van der Waals surface area contributed by atoms with Crippen molar-refractivity contribution < 1.29 is 19.0 Å². The van der Waals surface area contributed by atoms with Crippen LogP contribution in [0.1, 0.15) is 5.82 Å². The molecule has 0 bridgehead atoms. The molecule has 38 heavy (non-hydrogen) atoms. The number of para-hydroxylation sites is 1. The molecule has 11 heteroatoms. The van der Waals surface area contributed by atoms with Gasteiger partial charge in [-0.25, -0.2) is 0 Å². The summed E-state index contributed by atoms with van der Waals surface area (Å²) in [6.45, 7) is 1.20. The number of fused-ring (bicyclic) bond motifs is 2. The van der Waals surface area contributed by atoms with Crippen LogP contribution in [0.2, 0.25) is 5.02 Å². The van der Waals surface area contributed by atoms with E-state index in [1.807, 2.05) is 71.3 Å². The largest absolute Gasteiger partial charge is 0.497 e. The number of carbonyl (C=O) groups excluding carboxylic acids is 1. The third kappa shape index (κ3) is 5.78. The van der Waals surface area contributed by atoms with E-state index < -0.39 is 0 Å². The van der Waals surface area contributed by atoms with Crippen LogP contribution in [0.25, 0.3) is 0 Å². The van der Waals surface area contributed by atoms with E-state index in [9.17, 15) is 4.79 Å². The molecule has 0 aliphatic carbocycles. The van der Waals surface area contributed by atoms with Crippen molar-refractivity contribution in [2.24, 2.45) is 0 Å². The minimum atomic E-state index is -0.0817. The molecule has 1 aliphatic rings. The third-order valence-electron chi connectivity index (χ3n) is 5.78. The molecule has 2 heterocycles. The lowest BCUT2D eigenvalue weighted by molar-refractivity contribution is -0.115. The zero-order chi connectivity index (χ0) is 26.5. The molecule has 196 valence electrons. The van der Waals surface area contributed by atoms with Crippen molar-refractivity contribution in [3.05, 3.63) is 77.6 Å². The molecule has 0 saturated heterocycles. The predicted molar refractivity (Wildman–Crippen MR) is 149 cm³/mol. The maximum atomic E-state index is 13.6. The van der Waals surface area contributed by atoms with Gasteiger partial charge in [-0.2, -0.15) is 0 Å². The van der Waals surface area contributed by atoms with Gasteiger partial charge in [-0.1, -0.05) is 53.3 Å². The Balaban J connectivity index is 1.34. The smallest absolute Gasteiger partial charge is 0.242 e. The van der Waals surface area contributed by atoms with Crippen molar-refractivity contribution in [1.29, 1.82) is 0 Å². The molecule has 8 nitrogen and oxygen atoms in total. The molecule has 1 aliphatic heterocycles. The zero-order valence-corrected chi connectivity index (χ0v) is 23.2. The highest BCUT2D eigenvalue weighted by molar-refractivity contribution is 8.00. The fourth-order valence-electron chi connectivity index (χ4n) is 3.97. The molecule has 0 fully saturated rings. The van der Waals surface area contributed by atoms with Crippen LogP contribution in [0.5, 0.6) is 11.5 Å². The number of aromatic nitrogens is 3. The van der Waals surface area contributed by atoms with Gasteiger partial charge in [0.25, 0.3) is 0 Å². The monoisotopic (exact) mass is 568 g/mol. The molecular weight excluding hydrogens is 544 g/mol. The summed E-state index contributed by atoms with van der Waals surface area (Å²) in [5.41, 5.74) is 1.62. The number of ether oxygens (including phenoxy) is 3. The Morgan fingerprint density at radius 2 is 1.79 bits per heavy atom. The maximum Gasteiger partial charge on any atom is 0.242 e. The standard InChI is InChI=1S/C27H25ClN4O4S2/c1-34-13-12-31-25(16-36-20-7-5-6-19(15-20)35-2)29-30-27(31)37-17-26(33)32-21-8-3-4-9-23(21)38-24-11-10-18(28)14-22(24)32/h3-11,14-15H,12-13,16-17H2,1-2H3. The van der Waals surface area contributed by atoms with Gasteiger partial charge in [-0.15, -0.1) is 10.2 Å². The topological polar surface area (TPSA) is 78.7 Å². The number of nitrogens with zero attached hydrogens (tertiary/aromatic N) is 4. The average Bonchev–Trinajstić information content (AvgIpc) is 3.33. The van der Waals surface area contributed by atoms with Gasteiger partial charge in [-0.05, 0) is 42.5 Å².